The van der Waals surface area contributed by atoms with Crippen LogP contribution in [0.3, 0.4) is 0 Å². The number of nitrogens with zero attached hydrogens (tertiary/aromatic N) is 4. The van der Waals surface area contributed by atoms with Gasteiger partial charge in [-0.2, -0.15) is 0 Å². The van der Waals surface area contributed by atoms with Crippen molar-refractivity contribution in [3.63, 3.8) is 0 Å². The number of carbonyl (C=O) groups is 2. The van der Waals surface area contributed by atoms with Crippen molar-refractivity contribution in [3.05, 3.63) is 66.6 Å². The van der Waals surface area contributed by atoms with Crippen molar-refractivity contribution in [1.82, 2.24) is 19.8 Å². The van der Waals surface area contributed by atoms with Crippen LogP contribution >= 0.6 is 11.8 Å². The Labute approximate surface area is 202 Å². The minimum Gasteiger partial charge on any atom is -0.463 e. The quantitative estimate of drug-likeness (QED) is 0.383. The summed E-state index contributed by atoms with van der Waals surface area (Å²) in [4.78, 5) is 37.9. The second kappa shape index (κ2) is 9.89. The van der Waals surface area contributed by atoms with Gasteiger partial charge in [0.1, 0.15) is 11.8 Å². The highest BCUT2D eigenvalue weighted by Gasteiger charge is 2.44. The van der Waals surface area contributed by atoms with Crippen molar-refractivity contribution in [3.8, 4) is 11.5 Å². The number of thioether (sulfide) groups is 1. The number of benzene rings is 1. The maximum absolute atomic E-state index is 12.8. The second-order valence-electron chi connectivity index (χ2n) is 8.47. The highest BCUT2D eigenvalue weighted by atomic mass is 32.2. The Bertz CT molecular complexity index is 1130. The summed E-state index contributed by atoms with van der Waals surface area (Å²) in [7, 11) is 0. The highest BCUT2D eigenvalue weighted by molar-refractivity contribution is 7.99. The molecule has 0 spiro atoms. The molecule has 0 saturated carbocycles. The zero-order valence-corrected chi connectivity index (χ0v) is 19.7. The first-order valence-corrected chi connectivity index (χ1v) is 12.4. The summed E-state index contributed by atoms with van der Waals surface area (Å²) in [6.07, 6.45) is 4.21. The van der Waals surface area contributed by atoms with Gasteiger partial charge in [-0.3, -0.25) is 9.69 Å². The minimum absolute atomic E-state index is 0.0451. The second-order valence-corrected chi connectivity index (χ2v) is 9.41. The predicted molar refractivity (Wildman–Crippen MR) is 127 cm³/mol. The third kappa shape index (κ3) is 4.65. The summed E-state index contributed by atoms with van der Waals surface area (Å²) in [5, 5.41) is 0.540. The smallest absolute Gasteiger partial charge is 0.411 e. The van der Waals surface area contributed by atoms with E-state index in [1.54, 1.807) is 18.5 Å². The molecule has 9 heteroatoms. The maximum atomic E-state index is 12.8. The molecule has 2 aliphatic heterocycles. The molecule has 2 saturated heterocycles. The van der Waals surface area contributed by atoms with E-state index in [0.29, 0.717) is 29.7 Å². The molecule has 0 bridgehead atoms. The predicted octanol–water partition coefficient (Wildman–Crippen LogP) is 4.40. The van der Waals surface area contributed by atoms with E-state index in [1.165, 1.54) is 11.8 Å². The Morgan fingerprint density at radius 3 is 2.65 bits per heavy atom. The van der Waals surface area contributed by atoms with Crippen molar-refractivity contribution in [2.45, 2.75) is 43.1 Å². The van der Waals surface area contributed by atoms with Gasteiger partial charge >= 0.3 is 6.09 Å². The number of carbonyl (C=O) groups excluding carboxylic acids is 2. The monoisotopic (exact) mass is 478 g/mol. The first-order valence-electron chi connectivity index (χ1n) is 11.4. The van der Waals surface area contributed by atoms with Gasteiger partial charge < -0.3 is 14.1 Å². The van der Waals surface area contributed by atoms with Crippen molar-refractivity contribution in [2.24, 2.45) is 0 Å². The van der Waals surface area contributed by atoms with Crippen LogP contribution in [0.5, 0.6) is 0 Å². The van der Waals surface area contributed by atoms with Gasteiger partial charge in [-0.05, 0) is 43.5 Å². The van der Waals surface area contributed by atoms with Gasteiger partial charge in [0.05, 0.1) is 18.1 Å². The van der Waals surface area contributed by atoms with E-state index in [9.17, 15) is 9.59 Å². The van der Waals surface area contributed by atoms with Gasteiger partial charge in [-0.1, -0.05) is 42.1 Å². The number of likely N-dealkylation sites (tertiary alicyclic amines) is 1. The van der Waals surface area contributed by atoms with E-state index in [0.717, 1.165) is 18.4 Å². The van der Waals surface area contributed by atoms with Crippen LogP contribution in [0.2, 0.25) is 0 Å². The normalized spacial score (nSPS) is 21.0. The maximum Gasteiger partial charge on any atom is 0.411 e. The van der Waals surface area contributed by atoms with Crippen molar-refractivity contribution < 1.29 is 18.7 Å². The average molecular weight is 479 g/mol. The lowest BCUT2D eigenvalue weighted by molar-refractivity contribution is -0.129. The number of hydrogen-bond acceptors (Lipinski definition) is 7. The average Bonchev–Trinajstić information content (AvgIpc) is 3.52. The van der Waals surface area contributed by atoms with Crippen molar-refractivity contribution in [2.75, 3.05) is 18.8 Å². The van der Waals surface area contributed by atoms with Crippen LogP contribution in [0, 0.1) is 0 Å². The number of cyclic esters (lactones) is 1. The Hall–Kier alpha value is -3.33. The molecule has 4 heterocycles. The number of rotatable bonds is 6. The molecule has 1 aromatic carbocycles. The number of hydrogen-bond donors (Lipinski definition) is 0. The summed E-state index contributed by atoms with van der Waals surface area (Å²) in [5.41, 5.74) is 1.70. The summed E-state index contributed by atoms with van der Waals surface area (Å²) in [6.45, 7) is 3.27. The van der Waals surface area contributed by atoms with E-state index in [2.05, 4.69) is 9.97 Å². The van der Waals surface area contributed by atoms with Crippen LogP contribution in [0.1, 0.15) is 31.4 Å². The topological polar surface area (TPSA) is 88.8 Å². The Kier molecular flexibility index (Phi) is 6.53. The van der Waals surface area contributed by atoms with Gasteiger partial charge in [0.25, 0.3) is 0 Å². The van der Waals surface area contributed by atoms with Crippen LogP contribution in [-0.2, 0) is 9.53 Å². The summed E-state index contributed by atoms with van der Waals surface area (Å²) >= 11 is 1.32. The zero-order valence-electron chi connectivity index (χ0n) is 18.9. The molecule has 8 nitrogen and oxygen atoms in total. The molecule has 2 aromatic heterocycles. The van der Waals surface area contributed by atoms with Crippen LogP contribution in [0.25, 0.3) is 11.5 Å². The van der Waals surface area contributed by atoms with Gasteiger partial charge in [0, 0.05) is 25.3 Å². The third-order valence-corrected chi connectivity index (χ3v) is 7.23. The molecule has 0 unspecified atom stereocenters. The lowest BCUT2D eigenvalue weighted by Crippen LogP contribution is -2.49. The van der Waals surface area contributed by atoms with Crippen LogP contribution in [0.4, 0.5) is 4.79 Å². The van der Waals surface area contributed by atoms with Crippen molar-refractivity contribution >= 4 is 23.8 Å². The molecule has 2 fully saturated rings. The van der Waals surface area contributed by atoms with Crippen LogP contribution in [0.15, 0.2) is 70.6 Å². The first kappa shape index (κ1) is 22.5. The molecule has 2 aliphatic rings. The van der Waals surface area contributed by atoms with E-state index in [1.807, 2.05) is 59.2 Å². The molecule has 34 heavy (non-hydrogen) atoms. The fourth-order valence-corrected chi connectivity index (χ4v) is 5.37. The molecule has 5 rings (SSSR count). The van der Waals surface area contributed by atoms with Gasteiger partial charge in [-0.15, -0.1) is 0 Å². The third-order valence-electron chi connectivity index (χ3n) is 6.39. The van der Waals surface area contributed by atoms with E-state index < -0.39 is 0 Å². The van der Waals surface area contributed by atoms with Crippen molar-refractivity contribution in [1.29, 1.82) is 0 Å². The van der Waals surface area contributed by atoms with E-state index >= 15 is 0 Å². The Morgan fingerprint density at radius 1 is 1.12 bits per heavy atom. The summed E-state index contributed by atoms with van der Waals surface area (Å²) in [6, 6.07) is 15.3. The molecule has 176 valence electrons. The fourth-order valence-electron chi connectivity index (χ4n) is 4.63. The zero-order chi connectivity index (χ0) is 23.5. The summed E-state index contributed by atoms with van der Waals surface area (Å²) in [5.74, 6) is 0.987. The molecule has 0 radical (unpaired) electrons. The van der Waals surface area contributed by atoms with Crippen LogP contribution in [-0.4, -0.2) is 62.7 Å². The molecule has 2 amide bonds. The molecular weight excluding hydrogens is 452 g/mol. The van der Waals surface area contributed by atoms with Crippen LogP contribution < -0.4 is 0 Å². The van der Waals surface area contributed by atoms with Gasteiger partial charge in [0.2, 0.25) is 5.91 Å². The molecular formula is C25H26N4O4S. The minimum atomic E-state index is -0.268. The Balaban J connectivity index is 1.14. The lowest BCUT2D eigenvalue weighted by atomic mass is 9.98. The fraction of sp³-hybridized carbons (Fsp3) is 0.360. The summed E-state index contributed by atoms with van der Waals surface area (Å²) < 4.78 is 11.1. The first-order chi connectivity index (χ1) is 16.6. The molecule has 0 aliphatic carbocycles. The number of piperidine rings is 1. The molecule has 3 aromatic rings. The van der Waals surface area contributed by atoms with E-state index in [-0.39, 0.29) is 35.9 Å². The number of ether oxygens (including phenoxy) is 1. The number of amides is 2. The number of furan rings is 1. The van der Waals surface area contributed by atoms with Gasteiger partial charge in [-0.25, -0.2) is 14.8 Å². The Morgan fingerprint density at radius 2 is 1.91 bits per heavy atom. The van der Waals surface area contributed by atoms with E-state index in [4.69, 9.17) is 9.15 Å². The SMILES string of the molecule is C[C@@H]1[C@H](c2ccccc2)OC(=O)N1C1CCN(C(=O)CSc2nccc(-c3ccco3)n2)CC1. The van der Waals surface area contributed by atoms with Gasteiger partial charge in [0.15, 0.2) is 10.9 Å². The molecule has 0 N–H and O–H groups in total. The highest BCUT2D eigenvalue weighted by Crippen LogP contribution is 2.35. The lowest BCUT2D eigenvalue weighted by Gasteiger charge is -2.37. The standard InChI is InChI=1S/C25H26N4O4S/c1-17-23(18-6-3-2-4-7-18)33-25(31)29(17)19-10-13-28(14-11-19)22(30)16-34-24-26-12-9-20(27-24)21-8-5-15-32-21/h2-9,12,15,17,19,23H,10-11,13-14,16H2,1H3/t17-,23-/m1/s1. The molecule has 2 atom stereocenters. The number of aromatic nitrogens is 2. The largest absolute Gasteiger partial charge is 0.463 e.